The second-order valence-corrected chi connectivity index (χ2v) is 9.82. The van der Waals surface area contributed by atoms with Crippen LogP contribution in [0.25, 0.3) is 0 Å². The maximum Gasteiger partial charge on any atom is 0.242 e. The molecule has 0 bridgehead atoms. The Morgan fingerprint density at radius 1 is 1.13 bits per heavy atom. The number of nitrogens with one attached hydrogen (secondary N) is 1. The summed E-state index contributed by atoms with van der Waals surface area (Å²) in [6.45, 7) is 7.87. The number of benzene rings is 2. The Hall–Kier alpha value is -2.05. The van der Waals surface area contributed by atoms with Gasteiger partial charge in [0.2, 0.25) is 11.8 Å². The standard InChI is InChI=1S/C24H30ClFN2O2S/c1-17(23(30)27-24(2,3)4)28(14-13-18-9-6-5-7-10-18)22(29)16-31-15-19-20(25)11-8-12-21(19)26/h5-12,17H,13-16H2,1-4H3,(H,27,30)/t17-/m1/s1. The number of rotatable bonds is 9. The van der Waals surface area contributed by atoms with Crippen molar-refractivity contribution in [3.63, 3.8) is 0 Å². The van der Waals surface area contributed by atoms with E-state index in [0.717, 1.165) is 5.56 Å². The van der Waals surface area contributed by atoms with Crippen molar-refractivity contribution in [1.29, 1.82) is 0 Å². The summed E-state index contributed by atoms with van der Waals surface area (Å²) in [6, 6.07) is 13.8. The molecule has 2 amide bonds. The summed E-state index contributed by atoms with van der Waals surface area (Å²) in [5.74, 6) is -0.328. The molecule has 0 heterocycles. The lowest BCUT2D eigenvalue weighted by molar-refractivity contribution is -0.138. The average molecular weight is 465 g/mol. The summed E-state index contributed by atoms with van der Waals surface area (Å²) < 4.78 is 14.0. The quantitative estimate of drug-likeness (QED) is 0.562. The molecule has 2 rings (SSSR count). The number of carbonyl (C=O) groups excluding carboxylic acids is 2. The fourth-order valence-corrected chi connectivity index (χ4v) is 4.29. The zero-order chi connectivity index (χ0) is 23.0. The number of thioether (sulfide) groups is 1. The third-order valence-corrected chi connectivity index (χ3v) is 5.98. The van der Waals surface area contributed by atoms with E-state index >= 15 is 0 Å². The van der Waals surface area contributed by atoms with Gasteiger partial charge in [-0.15, -0.1) is 11.8 Å². The molecular weight excluding hydrogens is 435 g/mol. The molecule has 1 atom stereocenters. The third kappa shape index (κ3) is 8.19. The molecule has 2 aromatic carbocycles. The van der Waals surface area contributed by atoms with Crippen LogP contribution in [0.5, 0.6) is 0 Å². The zero-order valence-electron chi connectivity index (χ0n) is 18.5. The number of hydrogen-bond acceptors (Lipinski definition) is 3. The van der Waals surface area contributed by atoms with Crippen molar-refractivity contribution in [3.05, 3.63) is 70.5 Å². The highest BCUT2D eigenvalue weighted by atomic mass is 35.5. The number of amides is 2. The highest BCUT2D eigenvalue weighted by Crippen LogP contribution is 2.24. The predicted molar refractivity (Wildman–Crippen MR) is 127 cm³/mol. The topological polar surface area (TPSA) is 49.4 Å². The van der Waals surface area contributed by atoms with Crippen molar-refractivity contribution >= 4 is 35.2 Å². The van der Waals surface area contributed by atoms with Crippen LogP contribution in [0.2, 0.25) is 5.02 Å². The highest BCUT2D eigenvalue weighted by Gasteiger charge is 2.28. The van der Waals surface area contributed by atoms with Gasteiger partial charge in [-0.1, -0.05) is 48.0 Å². The van der Waals surface area contributed by atoms with E-state index in [1.54, 1.807) is 24.0 Å². The largest absolute Gasteiger partial charge is 0.350 e. The van der Waals surface area contributed by atoms with Crippen molar-refractivity contribution in [1.82, 2.24) is 10.2 Å². The Morgan fingerprint density at radius 2 is 1.81 bits per heavy atom. The Bertz CT molecular complexity index is 867. The van der Waals surface area contributed by atoms with E-state index < -0.39 is 11.6 Å². The van der Waals surface area contributed by atoms with Gasteiger partial charge in [0.25, 0.3) is 0 Å². The maximum atomic E-state index is 14.0. The molecule has 0 aliphatic carbocycles. The normalized spacial score (nSPS) is 12.3. The van der Waals surface area contributed by atoms with Gasteiger partial charge in [-0.3, -0.25) is 9.59 Å². The molecule has 0 aromatic heterocycles. The van der Waals surface area contributed by atoms with Gasteiger partial charge in [0.15, 0.2) is 0 Å². The summed E-state index contributed by atoms with van der Waals surface area (Å²) in [6.07, 6.45) is 0.642. The van der Waals surface area contributed by atoms with Gasteiger partial charge in [-0.05, 0) is 51.8 Å². The van der Waals surface area contributed by atoms with Crippen LogP contribution >= 0.6 is 23.4 Å². The van der Waals surface area contributed by atoms with Gasteiger partial charge in [-0.2, -0.15) is 0 Å². The first-order valence-corrected chi connectivity index (χ1v) is 11.8. The van der Waals surface area contributed by atoms with E-state index in [-0.39, 0.29) is 29.1 Å². The van der Waals surface area contributed by atoms with E-state index in [4.69, 9.17) is 11.6 Å². The zero-order valence-corrected chi connectivity index (χ0v) is 20.0. The van der Waals surface area contributed by atoms with Gasteiger partial charge in [-0.25, -0.2) is 4.39 Å². The molecule has 168 valence electrons. The predicted octanol–water partition coefficient (Wildman–Crippen LogP) is 5.09. The van der Waals surface area contributed by atoms with Crippen LogP contribution in [0.1, 0.15) is 38.8 Å². The first kappa shape index (κ1) is 25.2. The van der Waals surface area contributed by atoms with Crippen molar-refractivity contribution in [2.24, 2.45) is 0 Å². The van der Waals surface area contributed by atoms with E-state index in [0.29, 0.717) is 23.6 Å². The van der Waals surface area contributed by atoms with Gasteiger partial charge in [0.1, 0.15) is 11.9 Å². The van der Waals surface area contributed by atoms with Gasteiger partial charge in [0, 0.05) is 28.4 Å². The fraction of sp³-hybridized carbons (Fsp3) is 0.417. The molecule has 0 radical (unpaired) electrons. The van der Waals surface area contributed by atoms with Crippen molar-refractivity contribution in [2.45, 2.75) is 51.4 Å². The SMILES string of the molecule is C[C@H](C(=O)NC(C)(C)C)N(CCc1ccccc1)C(=O)CSCc1c(F)cccc1Cl. The molecule has 0 aliphatic heterocycles. The van der Waals surface area contributed by atoms with Gasteiger partial charge in [0.05, 0.1) is 5.75 Å². The number of halogens is 2. The van der Waals surface area contributed by atoms with Crippen molar-refractivity contribution < 1.29 is 14.0 Å². The summed E-state index contributed by atoms with van der Waals surface area (Å²) in [5.41, 5.74) is 1.08. The molecule has 0 fully saturated rings. The molecule has 4 nitrogen and oxygen atoms in total. The van der Waals surface area contributed by atoms with E-state index in [9.17, 15) is 14.0 Å². The Balaban J connectivity index is 2.06. The van der Waals surface area contributed by atoms with Crippen LogP contribution < -0.4 is 5.32 Å². The molecular formula is C24H30ClFN2O2S. The highest BCUT2D eigenvalue weighted by molar-refractivity contribution is 7.99. The molecule has 0 aliphatic rings. The second kappa shape index (κ2) is 11.5. The lowest BCUT2D eigenvalue weighted by Gasteiger charge is -2.31. The molecule has 0 saturated heterocycles. The monoisotopic (exact) mass is 464 g/mol. The lowest BCUT2D eigenvalue weighted by Crippen LogP contribution is -2.53. The van der Waals surface area contributed by atoms with Crippen LogP contribution in [-0.2, 0) is 21.8 Å². The molecule has 0 unspecified atom stereocenters. The molecule has 0 spiro atoms. The molecule has 7 heteroatoms. The number of hydrogen-bond donors (Lipinski definition) is 1. The first-order valence-electron chi connectivity index (χ1n) is 10.2. The Labute approximate surface area is 193 Å². The van der Waals surface area contributed by atoms with Crippen LogP contribution in [0.3, 0.4) is 0 Å². The smallest absolute Gasteiger partial charge is 0.242 e. The fourth-order valence-electron chi connectivity index (χ4n) is 3.04. The van der Waals surface area contributed by atoms with Crippen LogP contribution in [0.4, 0.5) is 4.39 Å². The average Bonchev–Trinajstić information content (AvgIpc) is 2.69. The molecule has 31 heavy (non-hydrogen) atoms. The molecule has 1 N–H and O–H groups in total. The minimum atomic E-state index is -0.618. The summed E-state index contributed by atoms with van der Waals surface area (Å²) in [5, 5.41) is 3.29. The van der Waals surface area contributed by atoms with Gasteiger partial charge < -0.3 is 10.2 Å². The minimum absolute atomic E-state index is 0.132. The van der Waals surface area contributed by atoms with Crippen LogP contribution in [-0.4, -0.2) is 40.6 Å². The van der Waals surface area contributed by atoms with Crippen molar-refractivity contribution in [2.75, 3.05) is 12.3 Å². The summed E-state index contributed by atoms with van der Waals surface area (Å²) in [7, 11) is 0. The Morgan fingerprint density at radius 3 is 2.42 bits per heavy atom. The van der Waals surface area contributed by atoms with E-state index in [1.807, 2.05) is 51.1 Å². The Kier molecular flexibility index (Phi) is 9.38. The van der Waals surface area contributed by atoms with E-state index in [2.05, 4.69) is 5.32 Å². The van der Waals surface area contributed by atoms with Crippen molar-refractivity contribution in [3.8, 4) is 0 Å². The minimum Gasteiger partial charge on any atom is -0.350 e. The van der Waals surface area contributed by atoms with Gasteiger partial charge >= 0.3 is 0 Å². The number of carbonyl (C=O) groups is 2. The second-order valence-electron chi connectivity index (χ2n) is 8.43. The van der Waals surface area contributed by atoms with Crippen LogP contribution in [0.15, 0.2) is 48.5 Å². The summed E-state index contributed by atoms with van der Waals surface area (Å²) in [4.78, 5) is 27.4. The lowest BCUT2D eigenvalue weighted by atomic mass is 10.1. The molecule has 2 aromatic rings. The maximum absolute atomic E-state index is 14.0. The first-order chi connectivity index (χ1) is 14.6. The number of nitrogens with zero attached hydrogens (tertiary/aromatic N) is 1. The van der Waals surface area contributed by atoms with Crippen LogP contribution in [0, 0.1) is 5.82 Å². The summed E-state index contributed by atoms with van der Waals surface area (Å²) >= 11 is 7.36. The third-order valence-electron chi connectivity index (χ3n) is 4.68. The van der Waals surface area contributed by atoms with E-state index in [1.165, 1.54) is 17.8 Å². The molecule has 0 saturated carbocycles.